The topological polar surface area (TPSA) is 67.2 Å². The third kappa shape index (κ3) is 4.35. The SMILES string of the molecule is C[N+](C)(CCNc1cc2n(c(=O)n1)CCc1ccc(O)cc1-2)Cc1ccccc1Cl. The van der Waals surface area contributed by atoms with E-state index in [-0.39, 0.29) is 11.4 Å². The number of hydrogen-bond acceptors (Lipinski definition) is 4. The Morgan fingerprint density at radius 2 is 2.00 bits per heavy atom. The Morgan fingerprint density at radius 3 is 2.80 bits per heavy atom. The van der Waals surface area contributed by atoms with Crippen molar-refractivity contribution in [2.75, 3.05) is 32.5 Å². The minimum absolute atomic E-state index is 0.194. The number of nitrogens with zero attached hydrogens (tertiary/aromatic N) is 3. The van der Waals surface area contributed by atoms with Crippen molar-refractivity contribution in [2.24, 2.45) is 0 Å². The maximum atomic E-state index is 12.5. The zero-order valence-electron chi connectivity index (χ0n) is 17.2. The first-order valence-corrected chi connectivity index (χ1v) is 10.4. The van der Waals surface area contributed by atoms with Crippen molar-refractivity contribution in [1.29, 1.82) is 0 Å². The van der Waals surface area contributed by atoms with Crippen LogP contribution in [0.1, 0.15) is 11.1 Å². The van der Waals surface area contributed by atoms with Crippen molar-refractivity contribution < 1.29 is 9.59 Å². The predicted molar refractivity (Wildman–Crippen MR) is 120 cm³/mol. The molecule has 1 aliphatic heterocycles. The van der Waals surface area contributed by atoms with Crippen LogP contribution in [0.5, 0.6) is 5.75 Å². The van der Waals surface area contributed by atoms with Crippen LogP contribution in [0, 0.1) is 0 Å². The number of aromatic hydroxyl groups is 1. The minimum Gasteiger partial charge on any atom is -0.508 e. The Bertz CT molecular complexity index is 1140. The molecule has 0 atom stereocenters. The third-order valence-electron chi connectivity index (χ3n) is 5.56. The molecule has 1 aliphatic rings. The summed E-state index contributed by atoms with van der Waals surface area (Å²) in [4.78, 5) is 16.8. The van der Waals surface area contributed by atoms with Crippen LogP contribution in [-0.2, 0) is 19.5 Å². The molecule has 3 aromatic rings. The fraction of sp³-hybridized carbons (Fsp3) is 0.304. The van der Waals surface area contributed by atoms with E-state index < -0.39 is 0 Å². The lowest BCUT2D eigenvalue weighted by atomic mass is 9.97. The summed E-state index contributed by atoms with van der Waals surface area (Å²) >= 11 is 6.31. The summed E-state index contributed by atoms with van der Waals surface area (Å²) in [5.74, 6) is 0.750. The number of quaternary nitrogens is 1. The zero-order valence-corrected chi connectivity index (χ0v) is 18.0. The molecule has 4 rings (SSSR count). The van der Waals surface area contributed by atoms with E-state index in [0.29, 0.717) is 18.9 Å². The van der Waals surface area contributed by atoms with Crippen LogP contribution in [0.3, 0.4) is 0 Å². The number of nitrogens with one attached hydrogen (secondary N) is 1. The van der Waals surface area contributed by atoms with E-state index in [9.17, 15) is 9.90 Å². The number of halogens is 1. The molecule has 0 fully saturated rings. The van der Waals surface area contributed by atoms with Gasteiger partial charge in [-0.25, -0.2) is 4.79 Å². The maximum Gasteiger partial charge on any atom is 0.349 e. The molecule has 2 N–H and O–H groups in total. The van der Waals surface area contributed by atoms with Gasteiger partial charge in [-0.1, -0.05) is 35.9 Å². The van der Waals surface area contributed by atoms with Crippen LogP contribution in [0.15, 0.2) is 53.3 Å². The van der Waals surface area contributed by atoms with Gasteiger partial charge < -0.3 is 14.9 Å². The van der Waals surface area contributed by atoms with Gasteiger partial charge in [0.15, 0.2) is 0 Å². The molecule has 0 saturated carbocycles. The van der Waals surface area contributed by atoms with Crippen molar-refractivity contribution >= 4 is 17.4 Å². The molecule has 0 aliphatic carbocycles. The van der Waals surface area contributed by atoms with Gasteiger partial charge in [-0.3, -0.25) is 4.57 Å². The molecular weight excluding hydrogens is 400 g/mol. The van der Waals surface area contributed by atoms with Crippen LogP contribution in [-0.4, -0.2) is 46.3 Å². The largest absolute Gasteiger partial charge is 0.508 e. The maximum absolute atomic E-state index is 12.5. The molecule has 156 valence electrons. The average molecular weight is 426 g/mol. The lowest BCUT2D eigenvalue weighted by Crippen LogP contribution is -2.42. The number of rotatable bonds is 6. The highest BCUT2D eigenvalue weighted by molar-refractivity contribution is 6.31. The van der Waals surface area contributed by atoms with Crippen molar-refractivity contribution in [3.63, 3.8) is 0 Å². The number of hydrogen-bond donors (Lipinski definition) is 2. The number of aromatic nitrogens is 2. The fourth-order valence-electron chi connectivity index (χ4n) is 3.94. The van der Waals surface area contributed by atoms with E-state index in [1.165, 1.54) is 0 Å². The Kier molecular flexibility index (Phi) is 5.54. The van der Waals surface area contributed by atoms with Crippen LogP contribution in [0.2, 0.25) is 5.02 Å². The predicted octanol–water partition coefficient (Wildman–Crippen LogP) is 3.51. The zero-order chi connectivity index (χ0) is 21.3. The van der Waals surface area contributed by atoms with E-state index in [1.54, 1.807) is 16.7 Å². The standard InChI is InChI=1S/C23H25ClN4O2/c1-28(2,15-17-5-3-4-6-20(17)24)12-10-25-22-14-21-19-13-18(29)8-7-16(19)9-11-27(21)23(30)26-22/h3-8,13-14H,9-12,15H2,1-2H3,(H-,25,26,29,30)/p+1. The lowest BCUT2D eigenvalue weighted by molar-refractivity contribution is -0.901. The minimum atomic E-state index is -0.270. The molecule has 0 unspecified atom stereocenters. The van der Waals surface area contributed by atoms with Gasteiger partial charge >= 0.3 is 5.69 Å². The number of anilines is 1. The summed E-state index contributed by atoms with van der Waals surface area (Å²) < 4.78 is 2.42. The van der Waals surface area contributed by atoms with Gasteiger partial charge in [0.2, 0.25) is 0 Å². The Morgan fingerprint density at radius 1 is 1.20 bits per heavy atom. The molecule has 0 bridgehead atoms. The van der Waals surface area contributed by atoms with Crippen molar-refractivity contribution in [3.05, 3.63) is 75.2 Å². The first-order chi connectivity index (χ1) is 14.3. The van der Waals surface area contributed by atoms with Gasteiger partial charge in [-0.2, -0.15) is 4.98 Å². The normalized spacial score (nSPS) is 12.9. The van der Waals surface area contributed by atoms with Gasteiger partial charge in [-0.05, 0) is 30.2 Å². The number of likely N-dealkylation sites (N-methyl/N-ethyl adjacent to an activating group) is 1. The Balaban J connectivity index is 1.49. The van der Waals surface area contributed by atoms with Gasteiger partial charge in [0.05, 0.1) is 32.9 Å². The highest BCUT2D eigenvalue weighted by Crippen LogP contribution is 2.31. The molecule has 1 aromatic heterocycles. The first-order valence-electron chi connectivity index (χ1n) is 10.1. The first kappa shape index (κ1) is 20.4. The summed E-state index contributed by atoms with van der Waals surface area (Å²) in [5, 5.41) is 14.0. The Labute approximate surface area is 181 Å². The van der Waals surface area contributed by atoms with Gasteiger partial charge in [0.1, 0.15) is 18.1 Å². The molecule has 0 saturated heterocycles. The van der Waals surface area contributed by atoms with E-state index in [1.807, 2.05) is 30.3 Å². The number of fused-ring (bicyclic) bond motifs is 3. The molecular formula is C23H26ClN4O2+. The van der Waals surface area contributed by atoms with E-state index in [4.69, 9.17) is 11.6 Å². The quantitative estimate of drug-likeness (QED) is 0.593. The highest BCUT2D eigenvalue weighted by Gasteiger charge is 2.20. The Hall–Kier alpha value is -2.83. The van der Waals surface area contributed by atoms with Crippen molar-refractivity contribution in [2.45, 2.75) is 19.5 Å². The number of aryl methyl sites for hydroxylation is 1. The number of benzene rings is 2. The van der Waals surface area contributed by atoms with E-state index >= 15 is 0 Å². The number of phenols is 1. The number of phenolic OH excluding ortho intramolecular Hbond substituents is 1. The van der Waals surface area contributed by atoms with Gasteiger partial charge in [-0.15, -0.1) is 0 Å². The molecule has 0 spiro atoms. The van der Waals surface area contributed by atoms with Crippen LogP contribution in [0.4, 0.5) is 5.82 Å². The van der Waals surface area contributed by atoms with Crippen LogP contribution in [0.25, 0.3) is 11.3 Å². The van der Waals surface area contributed by atoms with Gasteiger partial charge in [0.25, 0.3) is 0 Å². The van der Waals surface area contributed by atoms with Crippen LogP contribution < -0.4 is 11.0 Å². The smallest absolute Gasteiger partial charge is 0.349 e. The molecule has 0 radical (unpaired) electrons. The van der Waals surface area contributed by atoms with Crippen LogP contribution >= 0.6 is 11.6 Å². The monoisotopic (exact) mass is 425 g/mol. The third-order valence-corrected chi connectivity index (χ3v) is 5.93. The molecule has 2 heterocycles. The summed E-state index contributed by atoms with van der Waals surface area (Å²) in [6, 6.07) is 15.1. The van der Waals surface area contributed by atoms with Gasteiger partial charge in [0, 0.05) is 28.8 Å². The molecule has 30 heavy (non-hydrogen) atoms. The molecule has 2 aromatic carbocycles. The highest BCUT2D eigenvalue weighted by atomic mass is 35.5. The summed E-state index contributed by atoms with van der Waals surface area (Å²) in [5.41, 5.74) is 3.65. The average Bonchev–Trinajstić information content (AvgIpc) is 2.69. The summed E-state index contributed by atoms with van der Waals surface area (Å²) in [7, 11) is 4.30. The van der Waals surface area contributed by atoms with Crippen molar-refractivity contribution in [3.8, 4) is 17.0 Å². The molecule has 7 heteroatoms. The fourth-order valence-corrected chi connectivity index (χ4v) is 4.14. The lowest BCUT2D eigenvalue weighted by Gasteiger charge is -2.30. The second kappa shape index (κ2) is 8.13. The second-order valence-electron chi connectivity index (χ2n) is 8.39. The molecule has 0 amide bonds. The summed E-state index contributed by atoms with van der Waals surface area (Å²) in [6.07, 6.45) is 0.755. The summed E-state index contributed by atoms with van der Waals surface area (Å²) in [6.45, 7) is 2.91. The van der Waals surface area contributed by atoms with E-state index in [2.05, 4.69) is 30.5 Å². The second-order valence-corrected chi connectivity index (χ2v) is 8.80. The van der Waals surface area contributed by atoms with Crippen molar-refractivity contribution in [1.82, 2.24) is 9.55 Å². The van der Waals surface area contributed by atoms with E-state index in [0.717, 1.165) is 51.4 Å². The molecule has 6 nitrogen and oxygen atoms in total.